The first-order valence-electron chi connectivity index (χ1n) is 6.42. The summed E-state index contributed by atoms with van der Waals surface area (Å²) in [5.74, 6) is 0.544. The monoisotopic (exact) mass is 270 g/mol. The Morgan fingerprint density at radius 1 is 1.35 bits per heavy atom. The summed E-state index contributed by atoms with van der Waals surface area (Å²) in [6.07, 6.45) is 3.46. The number of aromatic amines is 2. The van der Waals surface area contributed by atoms with Gasteiger partial charge in [-0.15, -0.1) is 5.10 Å². The van der Waals surface area contributed by atoms with E-state index in [1.165, 1.54) is 0 Å². The van der Waals surface area contributed by atoms with Crippen molar-refractivity contribution in [3.63, 3.8) is 0 Å². The van der Waals surface area contributed by atoms with E-state index in [-0.39, 0.29) is 11.7 Å². The Labute approximate surface area is 114 Å². The maximum Gasteiger partial charge on any atom is 0.295 e. The van der Waals surface area contributed by atoms with Gasteiger partial charge in [-0.3, -0.25) is 15.0 Å². The SMILES string of the molecule is CCCc1nc(C(=O)Nc2ccc3cn[nH]c3c2)n[nH]1. The average Bonchev–Trinajstić information content (AvgIpc) is 3.07. The van der Waals surface area contributed by atoms with Crippen LogP contribution < -0.4 is 5.32 Å². The fourth-order valence-corrected chi connectivity index (χ4v) is 1.95. The van der Waals surface area contributed by atoms with Crippen molar-refractivity contribution in [2.45, 2.75) is 19.8 Å². The van der Waals surface area contributed by atoms with Gasteiger partial charge < -0.3 is 5.32 Å². The molecule has 1 amide bonds. The Bertz CT molecular complexity index is 744. The minimum absolute atomic E-state index is 0.151. The van der Waals surface area contributed by atoms with Gasteiger partial charge in [0.2, 0.25) is 5.82 Å². The highest BCUT2D eigenvalue weighted by Gasteiger charge is 2.12. The number of amides is 1. The molecule has 0 unspecified atom stereocenters. The first kappa shape index (κ1) is 12.3. The number of nitrogens with zero attached hydrogens (tertiary/aromatic N) is 3. The van der Waals surface area contributed by atoms with Crippen LogP contribution in [0.15, 0.2) is 24.4 Å². The predicted molar refractivity (Wildman–Crippen MR) is 74.4 cm³/mol. The van der Waals surface area contributed by atoms with E-state index in [1.54, 1.807) is 6.20 Å². The predicted octanol–water partition coefficient (Wildman–Crippen LogP) is 1.89. The fraction of sp³-hybridized carbons (Fsp3) is 0.231. The summed E-state index contributed by atoms with van der Waals surface area (Å²) in [5.41, 5.74) is 1.54. The maximum absolute atomic E-state index is 12.0. The molecule has 2 heterocycles. The fourth-order valence-electron chi connectivity index (χ4n) is 1.95. The molecular formula is C13H14N6O. The number of fused-ring (bicyclic) bond motifs is 1. The maximum atomic E-state index is 12.0. The molecule has 7 heteroatoms. The number of H-pyrrole nitrogens is 2. The molecule has 2 aromatic heterocycles. The van der Waals surface area contributed by atoms with Crippen LogP contribution in [0.5, 0.6) is 0 Å². The third-order valence-corrected chi connectivity index (χ3v) is 2.92. The lowest BCUT2D eigenvalue weighted by Crippen LogP contribution is -2.13. The quantitative estimate of drug-likeness (QED) is 0.674. The summed E-state index contributed by atoms with van der Waals surface area (Å²) < 4.78 is 0. The van der Waals surface area contributed by atoms with Crippen molar-refractivity contribution >= 4 is 22.5 Å². The van der Waals surface area contributed by atoms with Crippen LogP contribution >= 0.6 is 0 Å². The summed E-state index contributed by atoms with van der Waals surface area (Å²) in [6, 6.07) is 5.52. The Balaban J connectivity index is 1.76. The Hall–Kier alpha value is -2.70. The van der Waals surface area contributed by atoms with Gasteiger partial charge in [-0.05, 0) is 24.6 Å². The van der Waals surface area contributed by atoms with Gasteiger partial charge in [0.15, 0.2) is 0 Å². The number of hydrogen-bond acceptors (Lipinski definition) is 4. The van der Waals surface area contributed by atoms with Crippen molar-refractivity contribution in [3.05, 3.63) is 36.0 Å². The number of aromatic nitrogens is 5. The van der Waals surface area contributed by atoms with Crippen molar-refractivity contribution in [2.24, 2.45) is 0 Å². The summed E-state index contributed by atoms with van der Waals surface area (Å²) in [5, 5.41) is 17.2. The summed E-state index contributed by atoms with van der Waals surface area (Å²) in [6.45, 7) is 2.04. The smallest absolute Gasteiger partial charge is 0.295 e. The number of hydrogen-bond donors (Lipinski definition) is 3. The molecule has 0 fully saturated rings. The van der Waals surface area contributed by atoms with Crippen molar-refractivity contribution in [2.75, 3.05) is 5.32 Å². The van der Waals surface area contributed by atoms with E-state index in [0.29, 0.717) is 5.69 Å². The molecule has 0 radical (unpaired) electrons. The van der Waals surface area contributed by atoms with Crippen LogP contribution in [0, 0.1) is 0 Å². The second-order valence-corrected chi connectivity index (χ2v) is 4.48. The number of carbonyl (C=O) groups excluding carboxylic acids is 1. The zero-order valence-electron chi connectivity index (χ0n) is 11.0. The van der Waals surface area contributed by atoms with Crippen molar-refractivity contribution in [1.29, 1.82) is 0 Å². The first-order valence-corrected chi connectivity index (χ1v) is 6.42. The van der Waals surface area contributed by atoms with Gasteiger partial charge >= 0.3 is 0 Å². The second-order valence-electron chi connectivity index (χ2n) is 4.48. The van der Waals surface area contributed by atoms with Gasteiger partial charge in [-0.2, -0.15) is 5.10 Å². The largest absolute Gasteiger partial charge is 0.319 e. The number of carbonyl (C=O) groups is 1. The third-order valence-electron chi connectivity index (χ3n) is 2.92. The summed E-state index contributed by atoms with van der Waals surface area (Å²) in [7, 11) is 0. The molecule has 0 aliphatic heterocycles. The zero-order chi connectivity index (χ0) is 13.9. The molecule has 0 atom stereocenters. The normalized spacial score (nSPS) is 10.8. The minimum atomic E-state index is -0.331. The summed E-state index contributed by atoms with van der Waals surface area (Å²) in [4.78, 5) is 16.2. The topological polar surface area (TPSA) is 99.3 Å². The highest BCUT2D eigenvalue weighted by atomic mass is 16.2. The van der Waals surface area contributed by atoms with Gasteiger partial charge in [-0.1, -0.05) is 6.92 Å². The molecule has 0 bridgehead atoms. The number of aryl methyl sites for hydroxylation is 1. The highest BCUT2D eigenvalue weighted by molar-refractivity contribution is 6.02. The number of nitrogens with one attached hydrogen (secondary N) is 3. The Morgan fingerprint density at radius 3 is 3.10 bits per heavy atom. The van der Waals surface area contributed by atoms with Gasteiger partial charge in [0, 0.05) is 17.5 Å². The lowest BCUT2D eigenvalue weighted by molar-refractivity contribution is 0.101. The molecule has 3 N–H and O–H groups in total. The van der Waals surface area contributed by atoms with Crippen LogP contribution in [0.4, 0.5) is 5.69 Å². The minimum Gasteiger partial charge on any atom is -0.319 e. The van der Waals surface area contributed by atoms with Crippen molar-refractivity contribution in [3.8, 4) is 0 Å². The van der Waals surface area contributed by atoms with E-state index in [4.69, 9.17) is 0 Å². The molecule has 3 rings (SSSR count). The Kier molecular flexibility index (Phi) is 3.16. The van der Waals surface area contributed by atoms with Crippen molar-refractivity contribution < 1.29 is 4.79 Å². The zero-order valence-corrected chi connectivity index (χ0v) is 11.0. The Morgan fingerprint density at radius 2 is 2.25 bits per heavy atom. The second kappa shape index (κ2) is 5.12. The molecule has 0 aliphatic carbocycles. The summed E-state index contributed by atoms with van der Waals surface area (Å²) >= 11 is 0. The molecule has 0 spiro atoms. The first-order chi connectivity index (χ1) is 9.76. The van der Waals surface area contributed by atoms with Gasteiger partial charge in [0.05, 0.1) is 11.7 Å². The van der Waals surface area contributed by atoms with Crippen LogP contribution in [0.25, 0.3) is 10.9 Å². The highest BCUT2D eigenvalue weighted by Crippen LogP contribution is 2.16. The molecular weight excluding hydrogens is 256 g/mol. The third kappa shape index (κ3) is 2.37. The van der Waals surface area contributed by atoms with Crippen LogP contribution in [0.1, 0.15) is 29.8 Å². The van der Waals surface area contributed by atoms with Crippen LogP contribution in [0.3, 0.4) is 0 Å². The molecule has 102 valence electrons. The van der Waals surface area contributed by atoms with Gasteiger partial charge in [-0.25, -0.2) is 4.98 Å². The van der Waals surface area contributed by atoms with E-state index < -0.39 is 0 Å². The van der Waals surface area contributed by atoms with E-state index >= 15 is 0 Å². The van der Waals surface area contributed by atoms with Crippen LogP contribution in [0.2, 0.25) is 0 Å². The number of benzene rings is 1. The molecule has 1 aromatic carbocycles. The lowest BCUT2D eigenvalue weighted by atomic mass is 10.2. The average molecular weight is 270 g/mol. The molecule has 0 aliphatic rings. The van der Waals surface area contributed by atoms with E-state index in [9.17, 15) is 4.79 Å². The number of rotatable bonds is 4. The van der Waals surface area contributed by atoms with Gasteiger partial charge in [0.25, 0.3) is 5.91 Å². The standard InChI is InChI=1S/C13H14N6O/c1-2-3-11-16-12(19-18-11)13(20)15-9-5-4-8-7-14-17-10(8)6-9/h4-7H,2-3H2,1H3,(H,14,17)(H,15,20)(H,16,18,19). The molecule has 3 aromatic rings. The molecule has 20 heavy (non-hydrogen) atoms. The lowest BCUT2D eigenvalue weighted by Gasteiger charge is -2.02. The van der Waals surface area contributed by atoms with Crippen LogP contribution in [-0.2, 0) is 6.42 Å². The van der Waals surface area contributed by atoms with Crippen molar-refractivity contribution in [1.82, 2.24) is 25.4 Å². The van der Waals surface area contributed by atoms with Gasteiger partial charge in [0.1, 0.15) is 5.82 Å². The van der Waals surface area contributed by atoms with E-state index in [1.807, 2.05) is 25.1 Å². The van der Waals surface area contributed by atoms with E-state index in [2.05, 4.69) is 30.7 Å². The molecule has 0 saturated carbocycles. The van der Waals surface area contributed by atoms with E-state index in [0.717, 1.165) is 29.6 Å². The number of anilines is 1. The molecule has 0 saturated heterocycles. The van der Waals surface area contributed by atoms with Crippen LogP contribution in [-0.4, -0.2) is 31.3 Å². The molecule has 7 nitrogen and oxygen atoms in total.